The van der Waals surface area contributed by atoms with E-state index in [9.17, 15) is 13.6 Å². The molecule has 0 bridgehead atoms. The number of carbonyl (C=O) groups is 1. The second-order valence-corrected chi connectivity index (χ2v) is 7.88. The first-order valence-corrected chi connectivity index (χ1v) is 10.2. The minimum Gasteiger partial charge on any atom is -0.336 e. The van der Waals surface area contributed by atoms with Crippen LogP contribution in [-0.2, 0) is 4.84 Å². The van der Waals surface area contributed by atoms with E-state index in [-0.39, 0.29) is 17.4 Å². The average molecular weight is 472 g/mol. The molecule has 34 heavy (non-hydrogen) atoms. The number of amides is 1. The Morgan fingerprint density at radius 1 is 1.24 bits per heavy atom. The minimum atomic E-state index is -1.04. The van der Waals surface area contributed by atoms with E-state index in [1.165, 1.54) is 13.4 Å². The normalized spacial score (nSPS) is 11.3. The van der Waals surface area contributed by atoms with Crippen molar-refractivity contribution in [2.75, 3.05) is 31.4 Å². The Bertz CT molecular complexity index is 1370. The Kier molecular flexibility index (Phi) is 6.11. The maximum Gasteiger partial charge on any atom is 0.323 e. The van der Waals surface area contributed by atoms with E-state index in [1.807, 2.05) is 19.3 Å². The third-order valence-electron chi connectivity index (χ3n) is 4.98. The zero-order chi connectivity index (χ0) is 24.6. The number of fused-ring (bicyclic) bond motifs is 1. The predicted octanol–water partition coefficient (Wildman–Crippen LogP) is 3.28. The summed E-state index contributed by atoms with van der Waals surface area (Å²) < 4.78 is 35.6. The number of hydrogen-bond donors (Lipinski definition) is 2. The monoisotopic (exact) mass is 472 g/mol. The molecule has 3 heterocycles. The lowest BCUT2D eigenvalue weighted by atomic mass is 9.99. The number of nitrogens with zero attached hydrogens (tertiary/aromatic N) is 6. The summed E-state index contributed by atoms with van der Waals surface area (Å²) in [7, 11) is 4.77. The van der Waals surface area contributed by atoms with Gasteiger partial charge in [-0.1, -0.05) is 19.0 Å². The molecule has 0 atom stereocenters. The average Bonchev–Trinajstić information content (AvgIpc) is 3.41. The minimum absolute atomic E-state index is 0.0334. The zero-order valence-electron chi connectivity index (χ0n) is 19.1. The van der Waals surface area contributed by atoms with Crippen molar-refractivity contribution >= 4 is 28.9 Å². The fourth-order valence-electron chi connectivity index (χ4n) is 3.49. The predicted molar refractivity (Wildman–Crippen MR) is 119 cm³/mol. The second kappa shape index (κ2) is 9.02. The molecule has 0 unspecified atom stereocenters. The van der Waals surface area contributed by atoms with Crippen molar-refractivity contribution in [2.24, 2.45) is 0 Å². The summed E-state index contributed by atoms with van der Waals surface area (Å²) >= 11 is 0. The van der Waals surface area contributed by atoms with Crippen LogP contribution in [0.5, 0.6) is 0 Å². The van der Waals surface area contributed by atoms with Gasteiger partial charge in [0.2, 0.25) is 5.82 Å². The number of hydrogen-bond acceptors (Lipinski definition) is 9. The van der Waals surface area contributed by atoms with Crippen LogP contribution in [0.1, 0.15) is 35.7 Å². The van der Waals surface area contributed by atoms with Crippen LogP contribution in [-0.4, -0.2) is 51.9 Å². The molecule has 1 aromatic carbocycles. The molecule has 178 valence electrons. The molecule has 2 N–H and O–H groups in total. The Hall–Kier alpha value is -4.13. The summed E-state index contributed by atoms with van der Waals surface area (Å²) in [6.07, 6.45) is 3.00. The van der Waals surface area contributed by atoms with Gasteiger partial charge in [0.15, 0.2) is 5.82 Å². The fraction of sp³-hybridized carbons (Fsp3) is 0.286. The molecule has 0 aliphatic rings. The van der Waals surface area contributed by atoms with Gasteiger partial charge in [0.05, 0.1) is 18.4 Å². The maximum atomic E-state index is 14.6. The van der Waals surface area contributed by atoms with Crippen LogP contribution < -0.4 is 15.7 Å². The lowest BCUT2D eigenvalue weighted by Crippen LogP contribution is -2.23. The maximum absolute atomic E-state index is 14.6. The smallest absolute Gasteiger partial charge is 0.323 e. The fourth-order valence-corrected chi connectivity index (χ4v) is 3.49. The van der Waals surface area contributed by atoms with Gasteiger partial charge in [-0.15, -0.1) is 0 Å². The molecule has 4 rings (SSSR count). The Balaban J connectivity index is 1.84. The van der Waals surface area contributed by atoms with E-state index in [1.54, 1.807) is 29.7 Å². The van der Waals surface area contributed by atoms with Crippen molar-refractivity contribution < 1.29 is 22.9 Å². The molecule has 1 amide bonds. The Morgan fingerprint density at radius 3 is 2.65 bits per heavy atom. The number of halogens is 2. The van der Waals surface area contributed by atoms with Crippen LogP contribution in [0.25, 0.3) is 16.9 Å². The number of anilines is 3. The van der Waals surface area contributed by atoms with Crippen molar-refractivity contribution in [1.29, 1.82) is 0 Å². The number of rotatable bonds is 7. The summed E-state index contributed by atoms with van der Waals surface area (Å²) in [6.45, 7) is 3.93. The van der Waals surface area contributed by atoms with E-state index in [4.69, 9.17) is 4.52 Å². The van der Waals surface area contributed by atoms with Crippen molar-refractivity contribution in [1.82, 2.24) is 30.2 Å². The second-order valence-electron chi connectivity index (χ2n) is 7.88. The van der Waals surface area contributed by atoms with E-state index >= 15 is 0 Å². The number of aromatic nitrogens is 5. The molecule has 11 nitrogen and oxygen atoms in total. The Morgan fingerprint density at radius 2 is 2.00 bits per heavy atom. The zero-order valence-corrected chi connectivity index (χ0v) is 19.1. The molecule has 3 aromatic heterocycles. The van der Waals surface area contributed by atoms with Crippen LogP contribution in [0.2, 0.25) is 0 Å². The van der Waals surface area contributed by atoms with E-state index < -0.39 is 23.1 Å². The first kappa shape index (κ1) is 23.0. The van der Waals surface area contributed by atoms with Gasteiger partial charge >= 0.3 is 6.01 Å². The van der Waals surface area contributed by atoms with Gasteiger partial charge in [-0.05, 0) is 17.5 Å². The lowest BCUT2D eigenvalue weighted by molar-refractivity contribution is 0.0533. The van der Waals surface area contributed by atoms with Gasteiger partial charge in [-0.25, -0.2) is 23.8 Å². The number of hydroxylamine groups is 1. The quantitative estimate of drug-likeness (QED) is 0.390. The SMILES string of the molecule is CONC(=O)c1cc(Nc2ncnn3cc(-c4noc(N(C)C)n4)c(C(C)C)c23)c(F)cc1F. The summed E-state index contributed by atoms with van der Waals surface area (Å²) in [5, 5.41) is 11.2. The number of nitrogens with one attached hydrogen (secondary N) is 2. The standard InChI is InChI=1S/C21H22F2N8O3/c1-10(2)16-12(18-27-21(30(3)4)34-28-18)8-31-17(16)19(24-9-25-31)26-15-6-11(20(32)29-33-5)13(22)7-14(15)23/h6-10H,1-5H3,(H,29,32)(H,24,25,26). The summed E-state index contributed by atoms with van der Waals surface area (Å²) in [5.41, 5.74) is 3.44. The molecule has 0 fully saturated rings. The summed E-state index contributed by atoms with van der Waals surface area (Å²) in [6, 6.07) is 1.99. The first-order valence-electron chi connectivity index (χ1n) is 10.2. The van der Waals surface area contributed by atoms with Crippen molar-refractivity contribution in [2.45, 2.75) is 19.8 Å². The van der Waals surface area contributed by atoms with Crippen LogP contribution in [0.4, 0.5) is 26.3 Å². The van der Waals surface area contributed by atoms with E-state index in [2.05, 4.69) is 30.4 Å². The summed E-state index contributed by atoms with van der Waals surface area (Å²) in [5.74, 6) is -2.24. The van der Waals surface area contributed by atoms with Crippen molar-refractivity contribution in [3.63, 3.8) is 0 Å². The Labute approximate surface area is 192 Å². The van der Waals surface area contributed by atoms with Gasteiger partial charge in [-0.3, -0.25) is 9.63 Å². The molecule has 4 aromatic rings. The van der Waals surface area contributed by atoms with E-state index in [0.29, 0.717) is 29.0 Å². The van der Waals surface area contributed by atoms with Gasteiger partial charge in [0.1, 0.15) is 23.5 Å². The van der Waals surface area contributed by atoms with Crippen molar-refractivity contribution in [3.8, 4) is 11.4 Å². The lowest BCUT2D eigenvalue weighted by Gasteiger charge is -2.13. The highest BCUT2D eigenvalue weighted by Gasteiger charge is 2.24. The van der Waals surface area contributed by atoms with Crippen LogP contribution in [0.3, 0.4) is 0 Å². The summed E-state index contributed by atoms with van der Waals surface area (Å²) in [4.78, 5) is 27.0. The molecule has 0 radical (unpaired) electrons. The number of benzene rings is 1. The molecular formula is C21H22F2N8O3. The van der Waals surface area contributed by atoms with E-state index in [0.717, 1.165) is 11.6 Å². The van der Waals surface area contributed by atoms with Crippen molar-refractivity contribution in [3.05, 3.63) is 47.4 Å². The van der Waals surface area contributed by atoms with Gasteiger partial charge in [0.25, 0.3) is 5.91 Å². The van der Waals surface area contributed by atoms with Gasteiger partial charge in [-0.2, -0.15) is 10.1 Å². The highest BCUT2D eigenvalue weighted by Crippen LogP contribution is 2.36. The molecule has 0 saturated heterocycles. The topological polar surface area (TPSA) is 123 Å². The largest absolute Gasteiger partial charge is 0.336 e. The third kappa shape index (κ3) is 4.12. The molecule has 0 aliphatic carbocycles. The van der Waals surface area contributed by atoms with Gasteiger partial charge in [0, 0.05) is 31.9 Å². The highest BCUT2D eigenvalue weighted by atomic mass is 19.1. The molecule has 0 aliphatic heterocycles. The number of carbonyl (C=O) groups excluding carboxylic acids is 1. The molecular weight excluding hydrogens is 450 g/mol. The third-order valence-corrected chi connectivity index (χ3v) is 4.98. The first-order chi connectivity index (χ1) is 16.2. The van der Waals surface area contributed by atoms with Crippen LogP contribution >= 0.6 is 0 Å². The van der Waals surface area contributed by atoms with Gasteiger partial charge < -0.3 is 14.7 Å². The van der Waals surface area contributed by atoms with Crippen LogP contribution in [0, 0.1) is 11.6 Å². The molecule has 0 spiro atoms. The highest BCUT2D eigenvalue weighted by molar-refractivity contribution is 5.95. The molecule has 0 saturated carbocycles. The van der Waals surface area contributed by atoms with Crippen LogP contribution in [0.15, 0.2) is 29.2 Å². The molecule has 13 heteroatoms.